The fourth-order valence-corrected chi connectivity index (χ4v) is 10.5. The fraction of sp³-hybridized carbons (Fsp3) is 0.628. The SMILES string of the molecule is CO[C@]1(C(C)C)C(=O)OC(C)c2c1cc1n(c2=O)C(C)c2c-1nc1ccc(OC(=O)N3C(C)CC(N4CCCCC4(C)C)C(C)C3C)cc1c2C(C)C. The maximum absolute atomic E-state index is 14.5. The number of likely N-dealkylation sites (tertiary alicyclic amines) is 2. The Balaban J connectivity index is 1.25. The molecule has 10 heteroatoms. The summed E-state index contributed by atoms with van der Waals surface area (Å²) in [6, 6.07) is 7.73. The number of pyridine rings is 2. The van der Waals surface area contributed by atoms with E-state index in [1.165, 1.54) is 26.4 Å². The van der Waals surface area contributed by atoms with E-state index in [1.54, 1.807) is 11.5 Å². The molecule has 4 aliphatic heterocycles. The van der Waals surface area contributed by atoms with Gasteiger partial charge in [-0.25, -0.2) is 14.6 Å². The van der Waals surface area contributed by atoms with Gasteiger partial charge in [0.15, 0.2) is 5.60 Å². The summed E-state index contributed by atoms with van der Waals surface area (Å²) in [6.07, 6.45) is 3.57. The number of rotatable bonds is 5. The molecule has 0 spiro atoms. The second-order valence-electron chi connectivity index (χ2n) is 17.5. The van der Waals surface area contributed by atoms with E-state index in [9.17, 15) is 14.4 Å². The summed E-state index contributed by atoms with van der Waals surface area (Å²) in [5.74, 6) is 0.0618. The first-order valence-electron chi connectivity index (χ1n) is 19.8. The molecule has 0 saturated carbocycles. The third-order valence-electron chi connectivity index (χ3n) is 13.4. The van der Waals surface area contributed by atoms with Gasteiger partial charge in [0.2, 0.25) is 0 Å². The molecule has 0 N–H and O–H groups in total. The van der Waals surface area contributed by atoms with Crippen molar-refractivity contribution in [3.63, 3.8) is 0 Å². The lowest BCUT2D eigenvalue weighted by Crippen LogP contribution is -2.64. The third kappa shape index (κ3) is 5.56. The van der Waals surface area contributed by atoms with Crippen molar-refractivity contribution in [2.45, 2.75) is 149 Å². The molecule has 3 aromatic rings. The van der Waals surface area contributed by atoms with Crippen molar-refractivity contribution >= 4 is 23.0 Å². The molecule has 7 atom stereocenters. The number of carbonyl (C=O) groups is 2. The highest BCUT2D eigenvalue weighted by Crippen LogP contribution is 2.49. The van der Waals surface area contributed by atoms with Gasteiger partial charge in [-0.15, -0.1) is 0 Å². The van der Waals surface area contributed by atoms with Gasteiger partial charge in [-0.3, -0.25) is 14.3 Å². The van der Waals surface area contributed by atoms with Crippen LogP contribution in [0.25, 0.3) is 22.3 Å². The molecule has 7 rings (SSSR count). The van der Waals surface area contributed by atoms with Crippen molar-refractivity contribution in [2.24, 2.45) is 11.8 Å². The van der Waals surface area contributed by atoms with E-state index in [0.29, 0.717) is 34.5 Å². The van der Waals surface area contributed by atoms with E-state index in [0.717, 1.165) is 40.7 Å². The summed E-state index contributed by atoms with van der Waals surface area (Å²) in [5.41, 5.74) is 3.67. The van der Waals surface area contributed by atoms with Gasteiger partial charge in [-0.1, -0.05) is 41.0 Å². The van der Waals surface area contributed by atoms with Crippen LogP contribution in [0.3, 0.4) is 0 Å². The molecule has 6 heterocycles. The first-order valence-corrected chi connectivity index (χ1v) is 19.8. The second kappa shape index (κ2) is 13.2. The Hall–Kier alpha value is -3.76. The zero-order valence-electron chi connectivity index (χ0n) is 33.7. The molecule has 2 aromatic heterocycles. The van der Waals surface area contributed by atoms with Crippen molar-refractivity contribution in [3.8, 4) is 17.1 Å². The smallest absolute Gasteiger partial charge is 0.415 e. The maximum Gasteiger partial charge on any atom is 0.415 e. The molecule has 1 amide bonds. The van der Waals surface area contributed by atoms with Crippen LogP contribution in [0.2, 0.25) is 0 Å². The molecular weight excluding hydrogens is 668 g/mol. The number of carbonyl (C=O) groups excluding carboxylic acids is 2. The summed E-state index contributed by atoms with van der Waals surface area (Å²) in [7, 11) is 1.50. The maximum atomic E-state index is 14.5. The van der Waals surface area contributed by atoms with Gasteiger partial charge in [-0.2, -0.15) is 0 Å². The van der Waals surface area contributed by atoms with Gasteiger partial charge in [-0.05, 0) is 115 Å². The van der Waals surface area contributed by atoms with Crippen LogP contribution in [-0.4, -0.2) is 68.7 Å². The Kier molecular flexibility index (Phi) is 9.37. The lowest BCUT2D eigenvalue weighted by Gasteiger charge is -2.55. The number of amides is 1. The molecular formula is C43H58N4O6. The van der Waals surface area contributed by atoms with Crippen molar-refractivity contribution in [1.29, 1.82) is 0 Å². The number of ether oxygens (including phenoxy) is 3. The van der Waals surface area contributed by atoms with E-state index in [-0.39, 0.29) is 47.2 Å². The molecule has 6 unspecified atom stereocenters. The average molecular weight is 727 g/mol. The van der Waals surface area contributed by atoms with E-state index in [4.69, 9.17) is 19.2 Å². The highest BCUT2D eigenvalue weighted by molar-refractivity contribution is 5.91. The zero-order chi connectivity index (χ0) is 38.5. The van der Waals surface area contributed by atoms with Gasteiger partial charge in [0, 0.05) is 47.3 Å². The molecule has 10 nitrogen and oxygen atoms in total. The van der Waals surface area contributed by atoms with Crippen LogP contribution in [0, 0.1) is 11.8 Å². The first-order chi connectivity index (χ1) is 25.0. The predicted molar refractivity (Wildman–Crippen MR) is 206 cm³/mol. The minimum Gasteiger partial charge on any atom is -0.455 e. The molecule has 286 valence electrons. The predicted octanol–water partition coefficient (Wildman–Crippen LogP) is 8.48. The van der Waals surface area contributed by atoms with Crippen LogP contribution >= 0.6 is 0 Å². The summed E-state index contributed by atoms with van der Waals surface area (Å²) >= 11 is 0. The highest BCUT2D eigenvalue weighted by Gasteiger charge is 2.53. The van der Waals surface area contributed by atoms with Gasteiger partial charge in [0.25, 0.3) is 5.56 Å². The summed E-state index contributed by atoms with van der Waals surface area (Å²) in [5, 5.41) is 0.891. The second-order valence-corrected chi connectivity index (χ2v) is 17.5. The minimum absolute atomic E-state index is 0.0186. The van der Waals surface area contributed by atoms with Crippen molar-refractivity contribution in [3.05, 3.63) is 56.9 Å². The standard InChI is InChI=1S/C43H58N4O6/c1-22(2)35-30-20-29(53-41(50)46-24(5)19-33(25(6)26(46)7)45-18-14-13-17-42(45,10)11)15-16-32(30)44-38-34-21-31-37(39(48)47(34)27(8)36(35)38)28(9)52-40(49)43(31,51-12)23(3)4/h15-16,20-28,33H,13-14,17-19H2,1-12H3/t24?,25?,26?,27?,28?,33?,43-/m0/s1. The number of esters is 1. The third-order valence-corrected chi connectivity index (χ3v) is 13.4. The van der Waals surface area contributed by atoms with E-state index in [1.807, 2.05) is 49.9 Å². The first kappa shape index (κ1) is 37.6. The highest BCUT2D eigenvalue weighted by atomic mass is 16.6. The normalized spacial score (nSPS) is 29.6. The lowest BCUT2D eigenvalue weighted by atomic mass is 9.78. The lowest BCUT2D eigenvalue weighted by molar-refractivity contribution is -0.187. The van der Waals surface area contributed by atoms with Gasteiger partial charge < -0.3 is 19.1 Å². The number of aromatic nitrogens is 2. The number of piperidine rings is 2. The van der Waals surface area contributed by atoms with Gasteiger partial charge in [0.1, 0.15) is 11.9 Å². The number of nitrogens with zero attached hydrogens (tertiary/aromatic N) is 4. The van der Waals surface area contributed by atoms with E-state index < -0.39 is 17.7 Å². The Labute approximate surface area is 314 Å². The van der Waals surface area contributed by atoms with Crippen LogP contribution in [0.5, 0.6) is 5.75 Å². The molecule has 1 aromatic carbocycles. The number of hydrogen-bond donors (Lipinski definition) is 0. The summed E-state index contributed by atoms with van der Waals surface area (Å²) in [6.45, 7) is 24.3. The summed E-state index contributed by atoms with van der Waals surface area (Å²) in [4.78, 5) is 51.8. The van der Waals surface area contributed by atoms with Gasteiger partial charge >= 0.3 is 12.1 Å². The Bertz CT molecular complexity index is 2030. The molecule has 2 fully saturated rings. The molecule has 4 aliphatic rings. The van der Waals surface area contributed by atoms with Crippen molar-refractivity contribution in [1.82, 2.24) is 19.4 Å². The Morgan fingerprint density at radius 3 is 2.36 bits per heavy atom. The van der Waals surface area contributed by atoms with Crippen molar-refractivity contribution in [2.75, 3.05) is 13.7 Å². The summed E-state index contributed by atoms with van der Waals surface area (Å²) < 4.78 is 19.7. The van der Waals surface area contributed by atoms with Crippen molar-refractivity contribution < 1.29 is 23.8 Å². The van der Waals surface area contributed by atoms with Gasteiger partial charge in [0.05, 0.1) is 28.5 Å². The zero-order valence-corrected chi connectivity index (χ0v) is 33.7. The molecule has 0 aliphatic carbocycles. The van der Waals surface area contributed by atoms with Crippen LogP contribution < -0.4 is 10.3 Å². The Morgan fingerprint density at radius 1 is 1.00 bits per heavy atom. The fourth-order valence-electron chi connectivity index (χ4n) is 10.5. The molecule has 53 heavy (non-hydrogen) atoms. The van der Waals surface area contributed by atoms with E-state index >= 15 is 0 Å². The average Bonchev–Trinajstić information content (AvgIpc) is 3.36. The largest absolute Gasteiger partial charge is 0.455 e. The quantitative estimate of drug-likeness (QED) is 0.241. The number of hydrogen-bond acceptors (Lipinski definition) is 8. The number of cyclic esters (lactones) is 1. The number of fused-ring (bicyclic) bond motifs is 5. The number of benzene rings is 1. The molecule has 0 radical (unpaired) electrons. The van der Waals surface area contributed by atoms with Crippen LogP contribution in [-0.2, 0) is 19.9 Å². The topological polar surface area (TPSA) is 103 Å². The number of methoxy groups -OCH3 is 1. The van der Waals surface area contributed by atoms with E-state index in [2.05, 4.69) is 53.4 Å². The van der Waals surface area contributed by atoms with Crippen LogP contribution in [0.4, 0.5) is 4.79 Å². The Morgan fingerprint density at radius 2 is 1.72 bits per heavy atom. The molecule has 2 saturated heterocycles. The minimum atomic E-state index is -1.41. The monoisotopic (exact) mass is 726 g/mol. The van der Waals surface area contributed by atoms with Crippen LogP contribution in [0.1, 0.15) is 142 Å². The van der Waals surface area contributed by atoms with Crippen LogP contribution in [0.15, 0.2) is 29.1 Å². The molecule has 0 bridgehead atoms.